The third-order valence-corrected chi connectivity index (χ3v) is 3.88. The first kappa shape index (κ1) is 14.7. The number of rotatable bonds is 3. The lowest BCUT2D eigenvalue weighted by molar-refractivity contribution is -0.146. The molecule has 0 aromatic heterocycles. The van der Waals surface area contributed by atoms with E-state index in [0.29, 0.717) is 18.5 Å². The van der Waals surface area contributed by atoms with Crippen molar-refractivity contribution in [3.63, 3.8) is 0 Å². The van der Waals surface area contributed by atoms with Crippen LogP contribution in [0, 0.1) is 17.7 Å². The molecule has 0 fully saturated rings. The molecule has 0 aliphatic heterocycles. The van der Waals surface area contributed by atoms with Crippen LogP contribution < -0.4 is 5.32 Å². The standard InChI is InChI=1S/C14H13BrFNO3/c15-11-7-8(5-6-12(11)16)17-13(18)9-3-1-2-4-10(9)14(19)20/h1-2,5-7,9-10H,3-4H2,(H,17,18)(H,19,20)/t9-,10+/m1/s1. The third kappa shape index (κ3) is 3.25. The number of benzene rings is 1. The van der Waals surface area contributed by atoms with Crippen LogP contribution in [0.3, 0.4) is 0 Å². The molecule has 106 valence electrons. The van der Waals surface area contributed by atoms with Crippen LogP contribution >= 0.6 is 15.9 Å². The molecular formula is C14H13BrFNO3. The quantitative estimate of drug-likeness (QED) is 0.829. The molecule has 0 bridgehead atoms. The molecule has 1 aliphatic rings. The summed E-state index contributed by atoms with van der Waals surface area (Å²) in [5, 5.41) is 11.8. The number of nitrogens with one attached hydrogen (secondary N) is 1. The number of carboxylic acids is 1. The zero-order valence-electron chi connectivity index (χ0n) is 10.5. The summed E-state index contributed by atoms with van der Waals surface area (Å²) < 4.78 is 13.4. The average Bonchev–Trinajstić information content (AvgIpc) is 2.43. The van der Waals surface area contributed by atoms with E-state index in [-0.39, 0.29) is 10.4 Å². The van der Waals surface area contributed by atoms with Crippen LogP contribution in [0.5, 0.6) is 0 Å². The van der Waals surface area contributed by atoms with Gasteiger partial charge < -0.3 is 10.4 Å². The molecule has 1 amide bonds. The van der Waals surface area contributed by atoms with Gasteiger partial charge in [0, 0.05) is 5.69 Å². The second kappa shape index (κ2) is 6.17. The molecule has 2 atom stereocenters. The van der Waals surface area contributed by atoms with Gasteiger partial charge in [0.15, 0.2) is 0 Å². The molecule has 2 rings (SSSR count). The third-order valence-electron chi connectivity index (χ3n) is 3.27. The van der Waals surface area contributed by atoms with Crippen LogP contribution in [0.2, 0.25) is 0 Å². The smallest absolute Gasteiger partial charge is 0.307 e. The Kier molecular flexibility index (Phi) is 4.54. The number of amides is 1. The van der Waals surface area contributed by atoms with E-state index in [4.69, 9.17) is 5.11 Å². The van der Waals surface area contributed by atoms with E-state index < -0.39 is 23.6 Å². The summed E-state index contributed by atoms with van der Waals surface area (Å²) in [6.45, 7) is 0. The molecule has 6 heteroatoms. The van der Waals surface area contributed by atoms with Crippen molar-refractivity contribution in [3.8, 4) is 0 Å². The van der Waals surface area contributed by atoms with Crippen molar-refractivity contribution in [2.45, 2.75) is 12.8 Å². The molecular weight excluding hydrogens is 329 g/mol. The molecule has 0 heterocycles. The molecule has 0 saturated heterocycles. The zero-order valence-corrected chi connectivity index (χ0v) is 12.1. The highest BCUT2D eigenvalue weighted by atomic mass is 79.9. The lowest BCUT2D eigenvalue weighted by atomic mass is 9.82. The van der Waals surface area contributed by atoms with Crippen LogP contribution in [0.25, 0.3) is 0 Å². The van der Waals surface area contributed by atoms with Gasteiger partial charge in [0.2, 0.25) is 5.91 Å². The van der Waals surface area contributed by atoms with Crippen LogP contribution in [-0.2, 0) is 9.59 Å². The van der Waals surface area contributed by atoms with Crippen molar-refractivity contribution < 1.29 is 19.1 Å². The van der Waals surface area contributed by atoms with E-state index in [9.17, 15) is 14.0 Å². The van der Waals surface area contributed by atoms with Crippen LogP contribution in [0.15, 0.2) is 34.8 Å². The van der Waals surface area contributed by atoms with Crippen molar-refractivity contribution in [1.29, 1.82) is 0 Å². The Morgan fingerprint density at radius 2 is 1.90 bits per heavy atom. The van der Waals surface area contributed by atoms with Gasteiger partial charge in [-0.05, 0) is 47.0 Å². The molecule has 1 aromatic rings. The van der Waals surface area contributed by atoms with Crippen molar-refractivity contribution in [2.75, 3.05) is 5.32 Å². The second-order valence-corrected chi connectivity index (χ2v) is 5.47. The Balaban J connectivity index is 2.12. The minimum absolute atomic E-state index is 0.244. The van der Waals surface area contributed by atoms with E-state index in [1.807, 2.05) is 6.08 Å². The van der Waals surface area contributed by atoms with Crippen molar-refractivity contribution in [2.24, 2.45) is 11.8 Å². The van der Waals surface area contributed by atoms with Crippen molar-refractivity contribution in [1.82, 2.24) is 0 Å². The van der Waals surface area contributed by atoms with Crippen LogP contribution in [0.1, 0.15) is 12.8 Å². The zero-order chi connectivity index (χ0) is 14.7. The Hall–Kier alpha value is -1.69. The normalized spacial score (nSPS) is 21.5. The van der Waals surface area contributed by atoms with Gasteiger partial charge in [-0.25, -0.2) is 4.39 Å². The fraction of sp³-hybridized carbons (Fsp3) is 0.286. The highest BCUT2D eigenvalue weighted by molar-refractivity contribution is 9.10. The molecule has 2 N–H and O–H groups in total. The van der Waals surface area contributed by atoms with Gasteiger partial charge >= 0.3 is 5.97 Å². The predicted molar refractivity (Wildman–Crippen MR) is 75.7 cm³/mol. The lowest BCUT2D eigenvalue weighted by Gasteiger charge is -2.24. The maximum atomic E-state index is 13.1. The topological polar surface area (TPSA) is 66.4 Å². The molecule has 0 unspecified atom stereocenters. The first-order chi connectivity index (χ1) is 9.49. The first-order valence-corrected chi connectivity index (χ1v) is 6.92. The lowest BCUT2D eigenvalue weighted by Crippen LogP contribution is -2.34. The average molecular weight is 342 g/mol. The molecule has 0 radical (unpaired) electrons. The van der Waals surface area contributed by atoms with Gasteiger partial charge in [0.1, 0.15) is 5.82 Å². The van der Waals surface area contributed by atoms with Gasteiger partial charge in [0.25, 0.3) is 0 Å². The Morgan fingerprint density at radius 3 is 2.50 bits per heavy atom. The predicted octanol–water partition coefficient (Wildman–Crippen LogP) is 3.19. The van der Waals surface area contributed by atoms with E-state index in [0.717, 1.165) is 0 Å². The second-order valence-electron chi connectivity index (χ2n) is 4.61. The number of hydrogen-bond acceptors (Lipinski definition) is 2. The fourth-order valence-electron chi connectivity index (χ4n) is 2.19. The summed E-state index contributed by atoms with van der Waals surface area (Å²) in [5.74, 6) is -3.09. The molecule has 0 spiro atoms. The fourth-order valence-corrected chi connectivity index (χ4v) is 2.56. The highest BCUT2D eigenvalue weighted by Gasteiger charge is 2.33. The van der Waals surface area contributed by atoms with Crippen molar-refractivity contribution in [3.05, 3.63) is 40.6 Å². The molecule has 0 saturated carbocycles. The highest BCUT2D eigenvalue weighted by Crippen LogP contribution is 2.28. The molecule has 1 aliphatic carbocycles. The Morgan fingerprint density at radius 1 is 1.25 bits per heavy atom. The molecule has 20 heavy (non-hydrogen) atoms. The monoisotopic (exact) mass is 341 g/mol. The van der Waals surface area contributed by atoms with Gasteiger partial charge in [0.05, 0.1) is 16.3 Å². The number of carbonyl (C=O) groups excluding carboxylic acids is 1. The van der Waals surface area contributed by atoms with Crippen LogP contribution in [0.4, 0.5) is 10.1 Å². The molecule has 1 aromatic carbocycles. The van der Waals surface area contributed by atoms with Crippen LogP contribution in [-0.4, -0.2) is 17.0 Å². The number of anilines is 1. The summed E-state index contributed by atoms with van der Waals surface area (Å²) >= 11 is 3.04. The van der Waals surface area contributed by atoms with E-state index in [1.54, 1.807) is 6.08 Å². The number of carboxylic acid groups (broad SMARTS) is 1. The summed E-state index contributed by atoms with van der Waals surface area (Å²) in [4.78, 5) is 23.3. The van der Waals surface area contributed by atoms with Crippen molar-refractivity contribution >= 4 is 33.5 Å². The Bertz CT molecular complexity index is 574. The minimum atomic E-state index is -0.977. The molecule has 4 nitrogen and oxygen atoms in total. The summed E-state index contributed by atoms with van der Waals surface area (Å²) in [7, 11) is 0. The first-order valence-electron chi connectivity index (χ1n) is 6.12. The number of aliphatic carboxylic acids is 1. The largest absolute Gasteiger partial charge is 0.481 e. The van der Waals surface area contributed by atoms with E-state index >= 15 is 0 Å². The summed E-state index contributed by atoms with van der Waals surface area (Å²) in [6, 6.07) is 4.11. The number of carbonyl (C=O) groups is 2. The maximum Gasteiger partial charge on any atom is 0.307 e. The van der Waals surface area contributed by atoms with Gasteiger partial charge in [-0.2, -0.15) is 0 Å². The van der Waals surface area contributed by atoms with Gasteiger partial charge in [-0.3, -0.25) is 9.59 Å². The minimum Gasteiger partial charge on any atom is -0.481 e. The van der Waals surface area contributed by atoms with E-state index in [2.05, 4.69) is 21.2 Å². The van der Waals surface area contributed by atoms with Gasteiger partial charge in [-0.1, -0.05) is 12.2 Å². The summed E-state index contributed by atoms with van der Waals surface area (Å²) in [6.07, 6.45) is 4.33. The SMILES string of the molecule is O=C(O)[C@H]1CC=CC[C@H]1C(=O)Nc1ccc(F)c(Br)c1. The summed E-state index contributed by atoms with van der Waals surface area (Å²) in [5.41, 5.74) is 0.432. The maximum absolute atomic E-state index is 13.1. The number of allylic oxidation sites excluding steroid dienone is 2. The van der Waals surface area contributed by atoms with E-state index in [1.165, 1.54) is 18.2 Å². The van der Waals surface area contributed by atoms with Gasteiger partial charge in [-0.15, -0.1) is 0 Å². The number of hydrogen-bond donors (Lipinski definition) is 2. The Labute approximate surface area is 123 Å². The number of halogens is 2.